The van der Waals surface area contributed by atoms with Gasteiger partial charge in [-0.15, -0.1) is 24.5 Å². The molecule has 37 heavy (non-hydrogen) atoms. The van der Waals surface area contributed by atoms with E-state index in [4.69, 9.17) is 11.6 Å². The van der Waals surface area contributed by atoms with E-state index < -0.39 is 44.2 Å². The van der Waals surface area contributed by atoms with Gasteiger partial charge in [-0.2, -0.15) is 0 Å². The zero-order valence-corrected chi connectivity index (χ0v) is 20.6. The number of H-pyrrole nitrogens is 1. The van der Waals surface area contributed by atoms with Gasteiger partial charge in [0.2, 0.25) is 0 Å². The minimum absolute atomic E-state index is 0.00812. The smallest absolute Gasteiger partial charge is 0.477 e. The second-order valence-corrected chi connectivity index (χ2v) is 10.6. The number of anilines is 1. The average molecular weight is 576 g/mol. The molecule has 0 radical (unpaired) electrons. The Morgan fingerprint density at radius 1 is 1.16 bits per heavy atom. The molecule has 0 aliphatic carbocycles. The van der Waals surface area contributed by atoms with Crippen LogP contribution in [0.2, 0.25) is 5.02 Å². The molecule has 0 atom stereocenters. The van der Waals surface area contributed by atoms with Crippen LogP contribution in [-0.4, -0.2) is 42.5 Å². The Kier molecular flexibility index (Phi) is 6.56. The maximum atomic E-state index is 13.2. The van der Waals surface area contributed by atoms with Crippen molar-refractivity contribution in [1.82, 2.24) is 9.55 Å². The van der Waals surface area contributed by atoms with Gasteiger partial charge in [-0.1, -0.05) is 11.6 Å². The van der Waals surface area contributed by atoms with Crippen LogP contribution in [0.1, 0.15) is 9.67 Å². The van der Waals surface area contributed by atoms with E-state index in [9.17, 15) is 41.1 Å². The minimum atomic E-state index is -4.92. The van der Waals surface area contributed by atoms with Crippen LogP contribution in [0.4, 0.5) is 18.9 Å². The first-order valence-electron chi connectivity index (χ1n) is 9.85. The zero-order chi connectivity index (χ0) is 27.3. The summed E-state index contributed by atoms with van der Waals surface area (Å²) in [6, 6.07) is 7.20. The monoisotopic (exact) mass is 575 g/mol. The number of nitrogens with zero attached hydrogens (tertiary/aromatic N) is 2. The summed E-state index contributed by atoms with van der Waals surface area (Å²) >= 11 is 6.90. The number of alkyl halides is 3. The van der Waals surface area contributed by atoms with Crippen molar-refractivity contribution in [3.63, 3.8) is 0 Å². The lowest BCUT2D eigenvalue weighted by Crippen LogP contribution is -2.34. The molecular formula is C21H13ClF3N3O7S2. The summed E-state index contributed by atoms with van der Waals surface area (Å²) in [6.45, 7) is 0. The van der Waals surface area contributed by atoms with Gasteiger partial charge < -0.3 is 14.8 Å². The van der Waals surface area contributed by atoms with Crippen molar-refractivity contribution in [2.75, 3.05) is 11.4 Å². The molecule has 0 amide bonds. The number of sulfonamides is 1. The summed E-state index contributed by atoms with van der Waals surface area (Å²) in [4.78, 5) is 38.9. The molecule has 2 aromatic heterocycles. The highest BCUT2D eigenvalue weighted by molar-refractivity contribution is 7.92. The van der Waals surface area contributed by atoms with Gasteiger partial charge in [-0.25, -0.2) is 22.6 Å². The molecule has 4 aromatic rings. The fraction of sp³-hybridized carbons (Fsp3) is 0.0952. The number of aromatic amines is 1. The molecule has 16 heteroatoms. The van der Waals surface area contributed by atoms with Crippen molar-refractivity contribution in [3.05, 3.63) is 78.6 Å². The number of halogens is 4. The quantitative estimate of drug-likeness (QED) is 0.356. The first kappa shape index (κ1) is 26.2. The first-order valence-corrected chi connectivity index (χ1v) is 12.5. The number of hydrogen-bond acceptors (Lipinski definition) is 7. The number of ether oxygens (including phenoxy) is 1. The Labute approximate surface area is 213 Å². The van der Waals surface area contributed by atoms with Crippen LogP contribution >= 0.6 is 22.9 Å². The van der Waals surface area contributed by atoms with Crippen LogP contribution in [-0.2, 0) is 10.0 Å². The van der Waals surface area contributed by atoms with Crippen LogP contribution in [0, 0.1) is 0 Å². The summed E-state index contributed by atoms with van der Waals surface area (Å²) in [7, 11) is -3.24. The number of nitrogens with one attached hydrogen (secondary N) is 1. The molecule has 4 rings (SSSR count). The molecule has 0 fully saturated rings. The number of hydrogen-bond donors (Lipinski definition) is 2. The molecule has 2 N–H and O–H groups in total. The van der Waals surface area contributed by atoms with Gasteiger partial charge in [-0.05, 0) is 42.5 Å². The number of carboxylic acids is 1. The molecule has 0 bridgehead atoms. The second kappa shape index (κ2) is 9.24. The van der Waals surface area contributed by atoms with Gasteiger partial charge in [-0.3, -0.25) is 9.10 Å². The standard InChI is InChI=1S/C21H13ClF3N3O7S2/c1-27(10-2-4-11(5-3-10)35-21(23,24)25)37(33,34)12-6-7-13(22)15(8-12)28-18(29)16-14(26-20(28)32)9-36-17(16)19(30)31/h2-9H,1H3,(H,26,32)(H,30,31). The largest absolute Gasteiger partial charge is 0.573 e. The van der Waals surface area contributed by atoms with E-state index in [0.717, 1.165) is 65.2 Å². The lowest BCUT2D eigenvalue weighted by atomic mass is 10.2. The van der Waals surface area contributed by atoms with E-state index in [1.807, 2.05) is 0 Å². The van der Waals surface area contributed by atoms with Crippen molar-refractivity contribution in [3.8, 4) is 11.4 Å². The number of carboxylic acid groups (broad SMARTS) is 1. The molecule has 0 saturated heterocycles. The topological polar surface area (TPSA) is 139 Å². The van der Waals surface area contributed by atoms with E-state index >= 15 is 0 Å². The maximum absolute atomic E-state index is 13.2. The Morgan fingerprint density at radius 2 is 1.81 bits per heavy atom. The summed E-state index contributed by atoms with van der Waals surface area (Å²) in [5, 5.41) is 10.2. The van der Waals surface area contributed by atoms with Crippen molar-refractivity contribution >= 4 is 55.5 Å². The van der Waals surface area contributed by atoms with E-state index in [-0.39, 0.29) is 32.2 Å². The molecule has 0 aliphatic heterocycles. The van der Waals surface area contributed by atoms with Crippen LogP contribution in [0.15, 0.2) is 62.3 Å². The van der Waals surface area contributed by atoms with Gasteiger partial charge in [0, 0.05) is 12.4 Å². The van der Waals surface area contributed by atoms with E-state index in [1.165, 1.54) is 5.38 Å². The highest BCUT2D eigenvalue weighted by Crippen LogP contribution is 2.30. The van der Waals surface area contributed by atoms with Gasteiger partial charge in [0.25, 0.3) is 15.6 Å². The van der Waals surface area contributed by atoms with Crippen molar-refractivity contribution in [1.29, 1.82) is 0 Å². The summed E-state index contributed by atoms with van der Waals surface area (Å²) in [6.07, 6.45) is -4.92. The van der Waals surface area contributed by atoms with E-state index in [0.29, 0.717) is 4.57 Å². The maximum Gasteiger partial charge on any atom is 0.573 e. The van der Waals surface area contributed by atoms with Gasteiger partial charge in [0.1, 0.15) is 10.6 Å². The number of fused-ring (bicyclic) bond motifs is 1. The molecule has 2 aromatic carbocycles. The van der Waals surface area contributed by atoms with Crippen molar-refractivity contribution < 1.29 is 36.2 Å². The van der Waals surface area contributed by atoms with Crippen molar-refractivity contribution in [2.45, 2.75) is 11.3 Å². The van der Waals surface area contributed by atoms with Crippen LogP contribution in [0.3, 0.4) is 0 Å². The normalized spacial score (nSPS) is 12.0. The third-order valence-electron chi connectivity index (χ3n) is 5.10. The molecular weight excluding hydrogens is 563 g/mol. The fourth-order valence-corrected chi connectivity index (χ4v) is 5.64. The first-order chi connectivity index (χ1) is 17.2. The molecule has 2 heterocycles. The average Bonchev–Trinajstić information content (AvgIpc) is 3.23. The van der Waals surface area contributed by atoms with Gasteiger partial charge in [0.05, 0.1) is 32.2 Å². The molecule has 0 unspecified atom stereocenters. The molecule has 194 valence electrons. The van der Waals surface area contributed by atoms with Gasteiger partial charge in [0.15, 0.2) is 0 Å². The summed E-state index contributed by atoms with van der Waals surface area (Å²) in [5.74, 6) is -1.95. The number of aromatic nitrogens is 2. The number of aromatic carboxylic acids is 1. The molecule has 10 nitrogen and oxygen atoms in total. The number of carbonyl (C=O) groups is 1. The predicted octanol–water partition coefficient (Wildman–Crippen LogP) is 3.82. The van der Waals surface area contributed by atoms with Crippen LogP contribution in [0.5, 0.6) is 5.75 Å². The lowest BCUT2D eigenvalue weighted by Gasteiger charge is -2.20. The lowest BCUT2D eigenvalue weighted by molar-refractivity contribution is -0.274. The second-order valence-electron chi connectivity index (χ2n) is 7.36. The van der Waals surface area contributed by atoms with Crippen LogP contribution < -0.4 is 20.3 Å². The number of thiophene rings is 1. The van der Waals surface area contributed by atoms with Crippen molar-refractivity contribution in [2.24, 2.45) is 0 Å². The number of rotatable bonds is 6. The third-order valence-corrected chi connectivity index (χ3v) is 8.17. The highest BCUT2D eigenvalue weighted by Gasteiger charge is 2.31. The Morgan fingerprint density at radius 3 is 2.41 bits per heavy atom. The highest BCUT2D eigenvalue weighted by atomic mass is 35.5. The van der Waals surface area contributed by atoms with Gasteiger partial charge >= 0.3 is 18.0 Å². The molecule has 0 aliphatic rings. The molecule has 0 spiro atoms. The third kappa shape index (κ3) is 4.92. The SMILES string of the molecule is CN(c1ccc(OC(F)(F)F)cc1)S(=O)(=O)c1ccc(Cl)c(-n2c(=O)[nH]c3csc(C(=O)O)c3c2=O)c1. The Balaban J connectivity index is 1.80. The summed E-state index contributed by atoms with van der Waals surface area (Å²) < 4.78 is 68.7. The van der Waals surface area contributed by atoms with E-state index in [2.05, 4.69) is 9.72 Å². The number of benzene rings is 2. The molecule has 0 saturated carbocycles. The fourth-order valence-electron chi connectivity index (χ4n) is 3.39. The zero-order valence-electron chi connectivity index (χ0n) is 18.2. The van der Waals surface area contributed by atoms with E-state index in [1.54, 1.807) is 0 Å². The Hall–Kier alpha value is -3.82. The van der Waals surface area contributed by atoms with Crippen LogP contribution in [0.25, 0.3) is 16.6 Å². The predicted molar refractivity (Wildman–Crippen MR) is 129 cm³/mol. The summed E-state index contributed by atoms with van der Waals surface area (Å²) in [5.41, 5.74) is -2.38. The Bertz CT molecular complexity index is 1760. The minimum Gasteiger partial charge on any atom is -0.477 e.